The number of carbonyl (C=O) groups is 1. The minimum Gasteiger partial charge on any atom is -0.507 e. The fourth-order valence-electron chi connectivity index (χ4n) is 2.63. The van der Waals surface area contributed by atoms with Gasteiger partial charge in [-0.3, -0.25) is 4.79 Å². The van der Waals surface area contributed by atoms with E-state index in [0.29, 0.717) is 33.3 Å². The zero-order chi connectivity index (χ0) is 24.4. The normalized spacial score (nSPS) is 13.0. The Kier molecular flexibility index (Phi) is 9.83. The van der Waals surface area contributed by atoms with Crippen LogP contribution in [0.25, 0.3) is 0 Å². The number of amidine groups is 2. The maximum atomic E-state index is 11.1. The van der Waals surface area contributed by atoms with Crippen LogP contribution in [0.4, 0.5) is 0 Å². The largest absolute Gasteiger partial charge is 0.507 e. The number of benzene rings is 2. The maximum absolute atomic E-state index is 11.1. The quantitative estimate of drug-likeness (QED) is 0.247. The molecule has 2 aromatic carbocycles. The van der Waals surface area contributed by atoms with Crippen LogP contribution in [0.2, 0.25) is 0 Å². The molecule has 0 aromatic heterocycles. The first kappa shape index (κ1) is 25.8. The molecule has 0 unspecified atom stereocenters. The van der Waals surface area contributed by atoms with Crippen molar-refractivity contribution in [2.45, 2.75) is 13.8 Å². The molecule has 0 saturated carbocycles. The minimum atomic E-state index is -0.147. The number of aryl methyl sites for hydroxylation is 2. The Labute approximate surface area is 200 Å². The van der Waals surface area contributed by atoms with Gasteiger partial charge in [0.1, 0.15) is 11.5 Å². The standard InChI is InChI=1S/C22H24N6O3S2/c1-13-6-16(10-25-27-21(23)32-3)19(30)17(7-13)11-26-28-22(33-4)24-9-15-5-14(2)8-18(12-29)20(15)31/h5-12,30-31H,1-4H3,(H2,23,27)/b24-9+,25-10?,26-11+,28-22+. The van der Waals surface area contributed by atoms with E-state index in [1.54, 1.807) is 36.8 Å². The van der Waals surface area contributed by atoms with Gasteiger partial charge < -0.3 is 15.9 Å². The van der Waals surface area contributed by atoms with Crippen LogP contribution in [0.3, 0.4) is 0 Å². The first-order valence-corrected chi connectivity index (χ1v) is 12.0. The van der Waals surface area contributed by atoms with Gasteiger partial charge >= 0.3 is 0 Å². The third-order valence-corrected chi connectivity index (χ3v) is 5.20. The number of carbonyl (C=O) groups excluding carboxylic acids is 1. The Bertz CT molecular complexity index is 1170. The molecule has 0 spiro atoms. The number of hydrogen-bond donors (Lipinski definition) is 3. The molecule has 0 saturated heterocycles. The van der Waals surface area contributed by atoms with Crippen LogP contribution in [-0.4, -0.2) is 58.0 Å². The third kappa shape index (κ3) is 7.58. The number of phenolic OH excluding ortho intramolecular Hbond substituents is 2. The van der Waals surface area contributed by atoms with Gasteiger partial charge in [-0.25, -0.2) is 4.99 Å². The first-order chi connectivity index (χ1) is 15.8. The highest BCUT2D eigenvalue weighted by Gasteiger charge is 2.08. The molecule has 2 aromatic rings. The second-order valence-electron chi connectivity index (χ2n) is 6.68. The lowest BCUT2D eigenvalue weighted by atomic mass is 10.1. The Balaban J connectivity index is 2.28. The van der Waals surface area contributed by atoms with E-state index in [9.17, 15) is 15.0 Å². The molecule has 0 aliphatic heterocycles. The van der Waals surface area contributed by atoms with Gasteiger partial charge in [0.25, 0.3) is 0 Å². The molecule has 0 atom stereocenters. The highest BCUT2D eigenvalue weighted by atomic mass is 32.2. The van der Waals surface area contributed by atoms with E-state index in [-0.39, 0.29) is 17.1 Å². The molecule has 2 rings (SSSR count). The number of nitrogens with zero attached hydrogens (tertiary/aromatic N) is 5. The van der Waals surface area contributed by atoms with Crippen LogP contribution in [0.5, 0.6) is 11.5 Å². The fraction of sp³-hybridized carbons (Fsp3) is 0.182. The Hall–Kier alpha value is -3.44. The monoisotopic (exact) mass is 484 g/mol. The Morgan fingerprint density at radius 2 is 1.30 bits per heavy atom. The van der Waals surface area contributed by atoms with Crippen molar-refractivity contribution < 1.29 is 15.0 Å². The summed E-state index contributed by atoms with van der Waals surface area (Å²) in [7, 11) is 0. The SMILES string of the molecule is CSC(N)=NN=Cc1cc(C)cc(/C=N/N=C(\N=C\c2cc(C)cc(C=O)c2O)SC)c1O. The molecular formula is C22H24N6O3S2. The summed E-state index contributed by atoms with van der Waals surface area (Å²) in [4.78, 5) is 15.3. The number of hydrogen-bond acceptors (Lipinski definition) is 9. The van der Waals surface area contributed by atoms with Crippen molar-refractivity contribution in [3.8, 4) is 11.5 Å². The molecule has 0 fully saturated rings. The predicted octanol–water partition coefficient (Wildman–Crippen LogP) is 3.71. The molecule has 33 heavy (non-hydrogen) atoms. The van der Waals surface area contributed by atoms with Gasteiger partial charge in [-0.1, -0.05) is 23.5 Å². The molecule has 0 bridgehead atoms. The summed E-state index contributed by atoms with van der Waals surface area (Å²) >= 11 is 2.51. The van der Waals surface area contributed by atoms with Crippen molar-refractivity contribution in [1.82, 2.24) is 0 Å². The summed E-state index contributed by atoms with van der Waals surface area (Å²) in [6.45, 7) is 3.69. The summed E-state index contributed by atoms with van der Waals surface area (Å²) in [6, 6.07) is 6.80. The third-order valence-electron chi connectivity index (χ3n) is 4.15. The van der Waals surface area contributed by atoms with Gasteiger partial charge in [-0.15, -0.1) is 10.2 Å². The lowest BCUT2D eigenvalue weighted by Gasteiger charge is -2.04. The number of nitrogens with two attached hydrogens (primary N) is 1. The van der Waals surface area contributed by atoms with E-state index < -0.39 is 0 Å². The molecule has 4 N–H and O–H groups in total. The number of thioether (sulfide) groups is 2. The number of aliphatic imine (C=N–C) groups is 1. The zero-order valence-corrected chi connectivity index (χ0v) is 20.2. The van der Waals surface area contributed by atoms with Gasteiger partial charge in [-0.05, 0) is 61.8 Å². The van der Waals surface area contributed by atoms with Gasteiger partial charge in [0.05, 0.1) is 18.0 Å². The summed E-state index contributed by atoms with van der Waals surface area (Å²) in [5.74, 6) is -0.174. The van der Waals surface area contributed by atoms with E-state index in [1.165, 1.54) is 42.2 Å². The molecule has 11 heteroatoms. The van der Waals surface area contributed by atoms with Crippen molar-refractivity contribution in [2.24, 2.45) is 31.1 Å². The van der Waals surface area contributed by atoms with Crippen LogP contribution < -0.4 is 5.73 Å². The smallest absolute Gasteiger partial charge is 0.208 e. The second kappa shape index (κ2) is 12.6. The molecule has 0 radical (unpaired) electrons. The van der Waals surface area contributed by atoms with Crippen molar-refractivity contribution in [3.63, 3.8) is 0 Å². The van der Waals surface area contributed by atoms with E-state index in [4.69, 9.17) is 5.73 Å². The average molecular weight is 485 g/mol. The van der Waals surface area contributed by atoms with Crippen molar-refractivity contribution >= 4 is 58.8 Å². The molecule has 0 aliphatic carbocycles. The van der Waals surface area contributed by atoms with Crippen LogP contribution in [0.15, 0.2) is 49.7 Å². The highest BCUT2D eigenvalue weighted by molar-refractivity contribution is 8.13. The van der Waals surface area contributed by atoms with E-state index in [0.717, 1.165) is 11.1 Å². The van der Waals surface area contributed by atoms with Crippen LogP contribution in [-0.2, 0) is 0 Å². The van der Waals surface area contributed by atoms with Gasteiger partial charge in [0, 0.05) is 22.9 Å². The van der Waals surface area contributed by atoms with Crippen molar-refractivity contribution in [1.29, 1.82) is 0 Å². The maximum Gasteiger partial charge on any atom is 0.208 e. The molecular weight excluding hydrogens is 460 g/mol. The highest BCUT2D eigenvalue weighted by Crippen LogP contribution is 2.23. The lowest BCUT2D eigenvalue weighted by molar-refractivity contribution is 0.112. The topological polar surface area (TPSA) is 145 Å². The Morgan fingerprint density at radius 3 is 1.82 bits per heavy atom. The fourth-order valence-corrected chi connectivity index (χ4v) is 3.05. The molecule has 9 nitrogen and oxygen atoms in total. The van der Waals surface area contributed by atoms with Crippen LogP contribution in [0, 0.1) is 13.8 Å². The van der Waals surface area contributed by atoms with Crippen molar-refractivity contribution in [3.05, 3.63) is 57.6 Å². The molecule has 0 heterocycles. The summed E-state index contributed by atoms with van der Waals surface area (Å²) < 4.78 is 0. The average Bonchev–Trinajstić information content (AvgIpc) is 2.80. The Morgan fingerprint density at radius 1 is 0.818 bits per heavy atom. The number of aldehydes is 1. The van der Waals surface area contributed by atoms with E-state index in [1.807, 2.05) is 13.8 Å². The predicted molar refractivity (Wildman–Crippen MR) is 140 cm³/mol. The van der Waals surface area contributed by atoms with Gasteiger partial charge in [0.15, 0.2) is 11.5 Å². The lowest BCUT2D eigenvalue weighted by Crippen LogP contribution is -2.04. The van der Waals surface area contributed by atoms with Gasteiger partial charge in [-0.2, -0.15) is 10.2 Å². The summed E-state index contributed by atoms with van der Waals surface area (Å²) in [5, 5.41) is 37.0. The number of phenols is 2. The summed E-state index contributed by atoms with van der Waals surface area (Å²) in [5.41, 5.74) is 8.77. The second-order valence-corrected chi connectivity index (χ2v) is 8.28. The van der Waals surface area contributed by atoms with Gasteiger partial charge in [0.2, 0.25) is 5.17 Å². The van der Waals surface area contributed by atoms with Crippen LogP contribution in [0.1, 0.15) is 38.2 Å². The molecule has 0 aliphatic rings. The van der Waals surface area contributed by atoms with Crippen LogP contribution >= 0.6 is 23.5 Å². The molecule has 0 amide bonds. The summed E-state index contributed by atoms with van der Waals surface area (Å²) in [6.07, 6.45) is 8.38. The number of rotatable bonds is 6. The van der Waals surface area contributed by atoms with E-state index in [2.05, 4.69) is 25.4 Å². The molecule has 172 valence electrons. The first-order valence-electron chi connectivity index (χ1n) is 9.51. The van der Waals surface area contributed by atoms with Crippen molar-refractivity contribution in [2.75, 3.05) is 12.5 Å². The van der Waals surface area contributed by atoms with E-state index >= 15 is 0 Å². The zero-order valence-electron chi connectivity index (χ0n) is 18.6. The minimum absolute atomic E-state index is 0.0264. The number of aromatic hydroxyl groups is 2.